The van der Waals surface area contributed by atoms with Crippen LogP contribution in [0.2, 0.25) is 0 Å². The zero-order valence-electron chi connectivity index (χ0n) is 13.3. The van der Waals surface area contributed by atoms with Crippen molar-refractivity contribution < 1.29 is 0 Å². The van der Waals surface area contributed by atoms with Gasteiger partial charge in [0.15, 0.2) is 0 Å². The zero-order chi connectivity index (χ0) is 15.2. The van der Waals surface area contributed by atoms with Crippen molar-refractivity contribution in [2.24, 2.45) is 0 Å². The van der Waals surface area contributed by atoms with Crippen LogP contribution >= 0.6 is 11.3 Å². The molecule has 0 aliphatic carbocycles. The summed E-state index contributed by atoms with van der Waals surface area (Å²) in [5.74, 6) is 0.803. The fourth-order valence-corrected chi connectivity index (χ4v) is 2.68. The van der Waals surface area contributed by atoms with E-state index in [0.717, 1.165) is 31.2 Å². The van der Waals surface area contributed by atoms with E-state index in [-0.39, 0.29) is 0 Å². The lowest BCUT2D eigenvalue weighted by atomic mass is 10.2. The van der Waals surface area contributed by atoms with Gasteiger partial charge in [-0.15, -0.1) is 11.3 Å². The summed E-state index contributed by atoms with van der Waals surface area (Å²) in [5.41, 5.74) is 2.22. The Morgan fingerprint density at radius 3 is 2.81 bits per heavy atom. The van der Waals surface area contributed by atoms with E-state index in [1.165, 1.54) is 10.4 Å². The lowest BCUT2D eigenvalue weighted by Crippen LogP contribution is -2.25. The molecule has 0 spiro atoms. The van der Waals surface area contributed by atoms with Crippen molar-refractivity contribution in [3.05, 3.63) is 39.8 Å². The Hall–Kier alpha value is -1.46. The van der Waals surface area contributed by atoms with E-state index in [2.05, 4.69) is 65.5 Å². The van der Waals surface area contributed by atoms with E-state index in [9.17, 15) is 0 Å². The molecule has 114 valence electrons. The maximum absolute atomic E-state index is 4.63. The summed E-state index contributed by atoms with van der Waals surface area (Å²) in [5, 5.41) is 5.52. The fraction of sp³-hybridized carbons (Fsp3) is 0.500. The van der Waals surface area contributed by atoms with E-state index in [1.807, 2.05) is 6.20 Å². The lowest BCUT2D eigenvalue weighted by Gasteiger charge is -2.18. The van der Waals surface area contributed by atoms with E-state index >= 15 is 0 Å². The molecule has 2 aromatic rings. The van der Waals surface area contributed by atoms with Crippen LogP contribution in [-0.2, 0) is 13.0 Å². The van der Waals surface area contributed by atoms with Crippen molar-refractivity contribution in [3.63, 3.8) is 0 Å². The van der Waals surface area contributed by atoms with Crippen LogP contribution < -0.4 is 10.2 Å². The van der Waals surface area contributed by atoms with E-state index < -0.39 is 0 Å². The molecule has 2 rings (SSSR count). The van der Waals surface area contributed by atoms with Gasteiger partial charge in [0.25, 0.3) is 0 Å². The van der Waals surface area contributed by atoms with E-state index in [1.54, 1.807) is 11.3 Å². The van der Waals surface area contributed by atoms with Crippen LogP contribution in [0.15, 0.2) is 23.7 Å². The summed E-state index contributed by atoms with van der Waals surface area (Å²) < 4.78 is 0. The second-order valence-corrected chi connectivity index (χ2v) is 6.60. The molecule has 0 saturated heterocycles. The molecule has 21 heavy (non-hydrogen) atoms. The maximum Gasteiger partial charge on any atom is 0.225 e. The van der Waals surface area contributed by atoms with Crippen molar-refractivity contribution in [1.29, 1.82) is 0 Å². The third-order valence-corrected chi connectivity index (χ3v) is 4.32. The molecule has 2 aromatic heterocycles. The normalized spacial score (nSPS) is 11.1. The summed E-state index contributed by atoms with van der Waals surface area (Å²) >= 11 is 1.80. The van der Waals surface area contributed by atoms with Crippen LogP contribution in [0.5, 0.6) is 0 Å². The van der Waals surface area contributed by atoms with Crippen molar-refractivity contribution in [2.75, 3.05) is 18.5 Å². The third-order valence-electron chi connectivity index (χ3n) is 3.38. The number of aryl methyl sites for hydroxylation is 1. The minimum absolute atomic E-state index is 0.470. The van der Waals surface area contributed by atoms with Gasteiger partial charge < -0.3 is 10.2 Å². The Balaban J connectivity index is 1.95. The molecular formula is C16H24N4S. The number of likely N-dealkylation sites (N-methyl/N-ethyl adjacent to an activating group) is 1. The molecule has 1 N–H and O–H groups in total. The van der Waals surface area contributed by atoms with Crippen molar-refractivity contribution in [1.82, 2.24) is 15.3 Å². The number of anilines is 1. The SMILES string of the molecule is Cc1nc(N(C)CCc2cccs2)ncc1CNC(C)C. The van der Waals surface area contributed by atoms with Crippen LogP contribution in [0.1, 0.15) is 30.0 Å². The molecule has 0 amide bonds. The molecule has 2 heterocycles. The first-order chi connectivity index (χ1) is 10.1. The van der Waals surface area contributed by atoms with Crippen LogP contribution in [0.4, 0.5) is 5.95 Å². The molecule has 0 fully saturated rings. The van der Waals surface area contributed by atoms with Gasteiger partial charge in [-0.1, -0.05) is 19.9 Å². The highest BCUT2D eigenvalue weighted by atomic mass is 32.1. The predicted molar refractivity (Wildman–Crippen MR) is 90.0 cm³/mol. The Morgan fingerprint density at radius 2 is 2.19 bits per heavy atom. The Kier molecular flexibility index (Phi) is 5.70. The topological polar surface area (TPSA) is 41.1 Å². The highest BCUT2D eigenvalue weighted by molar-refractivity contribution is 7.09. The number of rotatable bonds is 7. The van der Waals surface area contributed by atoms with Gasteiger partial charge in [-0.2, -0.15) is 0 Å². The first-order valence-electron chi connectivity index (χ1n) is 7.35. The first-order valence-corrected chi connectivity index (χ1v) is 8.23. The van der Waals surface area contributed by atoms with Crippen molar-refractivity contribution >= 4 is 17.3 Å². The maximum atomic E-state index is 4.63. The van der Waals surface area contributed by atoms with Gasteiger partial charge in [0.2, 0.25) is 5.95 Å². The molecule has 0 atom stereocenters. The smallest absolute Gasteiger partial charge is 0.225 e. The quantitative estimate of drug-likeness (QED) is 0.853. The van der Waals surface area contributed by atoms with Gasteiger partial charge in [-0.3, -0.25) is 0 Å². The third kappa shape index (κ3) is 4.79. The average Bonchev–Trinajstić information content (AvgIpc) is 2.96. The number of nitrogens with one attached hydrogen (secondary N) is 1. The molecule has 0 radical (unpaired) electrons. The summed E-state index contributed by atoms with van der Waals surface area (Å²) in [6.07, 6.45) is 2.97. The predicted octanol–water partition coefficient (Wildman–Crippen LogP) is 3.02. The number of nitrogens with zero attached hydrogens (tertiary/aromatic N) is 3. The monoisotopic (exact) mass is 304 g/mol. The molecule has 5 heteroatoms. The van der Waals surface area contributed by atoms with Crippen molar-refractivity contribution in [3.8, 4) is 0 Å². The van der Waals surface area contributed by atoms with Gasteiger partial charge >= 0.3 is 0 Å². The van der Waals surface area contributed by atoms with Gasteiger partial charge in [-0.05, 0) is 24.8 Å². The van der Waals surface area contributed by atoms with Gasteiger partial charge in [0.05, 0.1) is 0 Å². The van der Waals surface area contributed by atoms with Gasteiger partial charge in [0.1, 0.15) is 0 Å². The molecule has 4 nitrogen and oxygen atoms in total. The van der Waals surface area contributed by atoms with E-state index in [4.69, 9.17) is 0 Å². The standard InChI is InChI=1S/C16H24N4S/c1-12(2)17-10-14-11-18-16(19-13(14)3)20(4)8-7-15-6-5-9-21-15/h5-6,9,11-12,17H,7-8,10H2,1-4H3. The van der Waals surface area contributed by atoms with Crippen LogP contribution in [0, 0.1) is 6.92 Å². The van der Waals surface area contributed by atoms with Crippen LogP contribution in [-0.4, -0.2) is 29.6 Å². The Bertz CT molecular complexity index is 551. The molecule has 0 aliphatic rings. The number of aromatic nitrogens is 2. The van der Waals surface area contributed by atoms with E-state index in [0.29, 0.717) is 6.04 Å². The largest absolute Gasteiger partial charge is 0.344 e. The summed E-state index contributed by atoms with van der Waals surface area (Å²) in [6, 6.07) is 4.74. The second kappa shape index (κ2) is 7.52. The molecule has 0 bridgehead atoms. The number of hydrogen-bond acceptors (Lipinski definition) is 5. The molecule has 0 saturated carbocycles. The molecule has 0 aromatic carbocycles. The summed E-state index contributed by atoms with van der Waals surface area (Å²) in [7, 11) is 2.05. The first kappa shape index (κ1) is 15.9. The Labute approximate surface area is 131 Å². The highest BCUT2D eigenvalue weighted by Gasteiger charge is 2.08. The Morgan fingerprint density at radius 1 is 1.38 bits per heavy atom. The molecule has 0 aliphatic heterocycles. The van der Waals surface area contributed by atoms with Gasteiger partial charge in [-0.25, -0.2) is 9.97 Å². The summed E-state index contributed by atoms with van der Waals surface area (Å²) in [6.45, 7) is 8.09. The minimum atomic E-state index is 0.470. The highest BCUT2D eigenvalue weighted by Crippen LogP contribution is 2.13. The lowest BCUT2D eigenvalue weighted by molar-refractivity contribution is 0.584. The van der Waals surface area contributed by atoms with Crippen molar-refractivity contribution in [2.45, 2.75) is 39.8 Å². The minimum Gasteiger partial charge on any atom is -0.344 e. The zero-order valence-corrected chi connectivity index (χ0v) is 14.1. The summed E-state index contributed by atoms with van der Waals surface area (Å²) in [4.78, 5) is 12.6. The second-order valence-electron chi connectivity index (χ2n) is 5.57. The molecular weight excluding hydrogens is 280 g/mol. The average molecular weight is 304 g/mol. The fourth-order valence-electron chi connectivity index (χ4n) is 1.98. The number of thiophene rings is 1. The molecule has 0 unspecified atom stereocenters. The van der Waals surface area contributed by atoms with Gasteiger partial charge in [0, 0.05) is 48.5 Å². The van der Waals surface area contributed by atoms with Crippen LogP contribution in [0.25, 0.3) is 0 Å². The van der Waals surface area contributed by atoms with Crippen LogP contribution in [0.3, 0.4) is 0 Å². The number of hydrogen-bond donors (Lipinski definition) is 1.